The number of hydrogen-bond donors (Lipinski definition) is 1. The van der Waals surface area contributed by atoms with Gasteiger partial charge in [-0.3, -0.25) is 4.68 Å². The highest BCUT2D eigenvalue weighted by molar-refractivity contribution is 5.57. The molecule has 1 aromatic carbocycles. The van der Waals surface area contributed by atoms with E-state index in [1.807, 2.05) is 18.7 Å². The molecule has 2 aromatic rings. The number of aliphatic hydroxyl groups is 1. The van der Waals surface area contributed by atoms with Gasteiger partial charge in [0.15, 0.2) is 0 Å². The van der Waals surface area contributed by atoms with Crippen molar-refractivity contribution in [1.82, 2.24) is 9.78 Å². The molecule has 5 unspecified atom stereocenters. The summed E-state index contributed by atoms with van der Waals surface area (Å²) in [5, 5.41) is 15.8. The van der Waals surface area contributed by atoms with Crippen LogP contribution in [0.25, 0.3) is 6.08 Å². The third kappa shape index (κ3) is 2.87. The van der Waals surface area contributed by atoms with Crippen molar-refractivity contribution in [2.45, 2.75) is 58.0 Å². The molecular formula is C25H32N2O2. The Morgan fingerprint density at radius 2 is 2.14 bits per heavy atom. The molecule has 4 heteroatoms. The van der Waals surface area contributed by atoms with Crippen LogP contribution >= 0.6 is 0 Å². The Bertz CT molecular complexity index is 975. The molecule has 1 heterocycles. The summed E-state index contributed by atoms with van der Waals surface area (Å²) in [5.41, 5.74) is 6.36. The summed E-state index contributed by atoms with van der Waals surface area (Å²) < 4.78 is 7.31. The van der Waals surface area contributed by atoms with E-state index in [0.29, 0.717) is 17.8 Å². The number of fused-ring (bicyclic) bond motifs is 5. The molecule has 3 aliphatic carbocycles. The van der Waals surface area contributed by atoms with Gasteiger partial charge in [-0.25, -0.2) is 0 Å². The van der Waals surface area contributed by atoms with E-state index >= 15 is 0 Å². The predicted molar refractivity (Wildman–Crippen MR) is 115 cm³/mol. The fraction of sp³-hybridized carbons (Fsp3) is 0.560. The van der Waals surface area contributed by atoms with E-state index in [2.05, 4.69) is 42.5 Å². The highest BCUT2D eigenvalue weighted by Crippen LogP contribution is 2.62. The minimum atomic E-state index is -0.342. The number of nitrogens with zero attached hydrogens (tertiary/aromatic N) is 2. The molecular weight excluding hydrogens is 360 g/mol. The monoisotopic (exact) mass is 392 g/mol. The minimum Gasteiger partial charge on any atom is -0.497 e. The van der Waals surface area contributed by atoms with E-state index in [4.69, 9.17) is 4.74 Å². The Morgan fingerprint density at radius 3 is 2.86 bits per heavy atom. The second-order valence-corrected chi connectivity index (χ2v) is 9.69. The lowest BCUT2D eigenvalue weighted by molar-refractivity contribution is -0.0158. The molecule has 0 amide bonds. The largest absolute Gasteiger partial charge is 0.497 e. The molecule has 3 aliphatic rings. The average molecular weight is 393 g/mol. The van der Waals surface area contributed by atoms with Gasteiger partial charge in [-0.15, -0.1) is 0 Å². The molecule has 0 aliphatic heterocycles. The highest BCUT2D eigenvalue weighted by Gasteiger charge is 2.56. The van der Waals surface area contributed by atoms with Crippen LogP contribution in [0.2, 0.25) is 0 Å². The van der Waals surface area contributed by atoms with Gasteiger partial charge in [0.05, 0.1) is 18.9 Å². The van der Waals surface area contributed by atoms with Gasteiger partial charge in [-0.05, 0) is 91.7 Å². The highest BCUT2D eigenvalue weighted by atomic mass is 16.5. The molecule has 1 aromatic heterocycles. The molecule has 1 N–H and O–H groups in total. The number of ether oxygens (including phenoxy) is 1. The first kappa shape index (κ1) is 18.9. The van der Waals surface area contributed by atoms with E-state index in [1.54, 1.807) is 7.11 Å². The lowest BCUT2D eigenvalue weighted by atomic mass is 9.55. The summed E-state index contributed by atoms with van der Waals surface area (Å²) in [4.78, 5) is 0. The molecule has 4 nitrogen and oxygen atoms in total. The number of methoxy groups -OCH3 is 1. The Kier molecular flexibility index (Phi) is 4.39. The predicted octanol–water partition coefficient (Wildman–Crippen LogP) is 4.65. The number of aromatic nitrogens is 2. The third-order valence-corrected chi connectivity index (χ3v) is 8.20. The summed E-state index contributed by atoms with van der Waals surface area (Å²) >= 11 is 0. The Balaban J connectivity index is 1.47. The summed E-state index contributed by atoms with van der Waals surface area (Å²) in [6.45, 7) is 4.38. The van der Waals surface area contributed by atoms with Gasteiger partial charge in [0, 0.05) is 24.2 Å². The van der Waals surface area contributed by atoms with Crippen molar-refractivity contribution < 1.29 is 9.84 Å². The summed E-state index contributed by atoms with van der Waals surface area (Å²) in [6.07, 6.45) is 9.56. The second-order valence-electron chi connectivity index (χ2n) is 9.69. The fourth-order valence-corrected chi connectivity index (χ4v) is 6.64. The van der Waals surface area contributed by atoms with Crippen LogP contribution in [0, 0.1) is 24.2 Å². The van der Waals surface area contributed by atoms with E-state index in [9.17, 15) is 5.11 Å². The smallest absolute Gasteiger partial charge is 0.119 e. The van der Waals surface area contributed by atoms with Crippen molar-refractivity contribution in [1.29, 1.82) is 0 Å². The van der Waals surface area contributed by atoms with Crippen molar-refractivity contribution in [3.05, 3.63) is 52.4 Å². The molecule has 0 radical (unpaired) electrons. The quantitative estimate of drug-likeness (QED) is 0.809. The first-order valence-electron chi connectivity index (χ1n) is 11.0. The average Bonchev–Trinajstić information content (AvgIpc) is 3.17. The maximum atomic E-state index is 11.3. The standard InChI is InChI=1S/C25H32N2O2/c1-15-18(14-27(3)26-15)11-17-13-23-22-7-5-16-12-19(29-4)6-8-20(16)21(22)9-10-25(23,2)24(17)28/h6,8,11-12,14,21-24,28H,5,7,9-10,13H2,1-4H3. The lowest BCUT2D eigenvalue weighted by Gasteiger charge is -2.49. The van der Waals surface area contributed by atoms with E-state index < -0.39 is 0 Å². The number of aryl methyl sites for hydroxylation is 3. The van der Waals surface area contributed by atoms with Crippen molar-refractivity contribution in [3.8, 4) is 5.75 Å². The van der Waals surface area contributed by atoms with Gasteiger partial charge in [-0.2, -0.15) is 5.10 Å². The molecule has 5 rings (SSSR count). The van der Waals surface area contributed by atoms with Crippen LogP contribution in [0.5, 0.6) is 5.75 Å². The van der Waals surface area contributed by atoms with Gasteiger partial charge in [0.25, 0.3) is 0 Å². The maximum absolute atomic E-state index is 11.3. The number of benzene rings is 1. The fourth-order valence-electron chi connectivity index (χ4n) is 6.64. The Labute approximate surface area is 173 Å². The summed E-state index contributed by atoms with van der Waals surface area (Å²) in [7, 11) is 3.71. The van der Waals surface area contributed by atoms with Crippen LogP contribution in [-0.4, -0.2) is 28.1 Å². The van der Waals surface area contributed by atoms with Crippen molar-refractivity contribution in [3.63, 3.8) is 0 Å². The van der Waals surface area contributed by atoms with Gasteiger partial charge < -0.3 is 9.84 Å². The van der Waals surface area contributed by atoms with Crippen LogP contribution in [-0.2, 0) is 13.5 Å². The molecule has 5 atom stereocenters. The van der Waals surface area contributed by atoms with Gasteiger partial charge in [0.1, 0.15) is 5.75 Å². The number of rotatable bonds is 2. The minimum absolute atomic E-state index is 0.00686. The van der Waals surface area contributed by atoms with Crippen LogP contribution in [0.4, 0.5) is 0 Å². The van der Waals surface area contributed by atoms with Crippen LogP contribution in [0.1, 0.15) is 60.9 Å². The summed E-state index contributed by atoms with van der Waals surface area (Å²) in [6, 6.07) is 6.66. The van der Waals surface area contributed by atoms with Crippen molar-refractivity contribution >= 4 is 6.08 Å². The maximum Gasteiger partial charge on any atom is 0.119 e. The number of aliphatic hydroxyl groups excluding tert-OH is 1. The molecule has 0 saturated heterocycles. The van der Waals surface area contributed by atoms with E-state index in [-0.39, 0.29) is 11.5 Å². The van der Waals surface area contributed by atoms with Gasteiger partial charge in [0.2, 0.25) is 0 Å². The van der Waals surface area contributed by atoms with Gasteiger partial charge >= 0.3 is 0 Å². The molecule has 0 bridgehead atoms. The lowest BCUT2D eigenvalue weighted by Crippen LogP contribution is -2.44. The van der Waals surface area contributed by atoms with E-state index in [0.717, 1.165) is 36.3 Å². The van der Waals surface area contributed by atoms with E-state index in [1.165, 1.54) is 29.5 Å². The van der Waals surface area contributed by atoms with Crippen LogP contribution < -0.4 is 4.74 Å². The zero-order valence-corrected chi connectivity index (χ0v) is 18.0. The molecule has 0 spiro atoms. The molecule has 2 saturated carbocycles. The SMILES string of the molecule is COc1ccc2c(c1)CCC1C2CCC2(C)C(O)C(=Cc3cn(C)nc3C)CC12. The van der Waals surface area contributed by atoms with Gasteiger partial charge in [-0.1, -0.05) is 13.0 Å². The topological polar surface area (TPSA) is 47.3 Å². The zero-order chi connectivity index (χ0) is 20.3. The second kappa shape index (κ2) is 6.73. The zero-order valence-electron chi connectivity index (χ0n) is 18.0. The number of hydrogen-bond acceptors (Lipinski definition) is 3. The van der Waals surface area contributed by atoms with Crippen molar-refractivity contribution in [2.75, 3.05) is 7.11 Å². The molecule has 2 fully saturated rings. The normalized spacial score (nSPS) is 34.6. The first-order valence-corrected chi connectivity index (χ1v) is 11.0. The Morgan fingerprint density at radius 1 is 1.31 bits per heavy atom. The van der Waals surface area contributed by atoms with Crippen LogP contribution in [0.3, 0.4) is 0 Å². The summed E-state index contributed by atoms with van der Waals surface area (Å²) in [5.74, 6) is 2.80. The molecule has 154 valence electrons. The van der Waals surface area contributed by atoms with Crippen LogP contribution in [0.15, 0.2) is 30.0 Å². The molecule has 29 heavy (non-hydrogen) atoms. The first-order chi connectivity index (χ1) is 13.9. The Hall–Kier alpha value is -2.07. The third-order valence-electron chi connectivity index (χ3n) is 8.20. The van der Waals surface area contributed by atoms with Crippen molar-refractivity contribution in [2.24, 2.45) is 24.3 Å².